The molecule has 5 nitrogen and oxygen atoms in total. The van der Waals surface area contributed by atoms with E-state index in [9.17, 15) is 14.0 Å². The number of carboxylic acid groups (broad SMARTS) is 1. The van der Waals surface area contributed by atoms with Crippen LogP contribution in [0.4, 0.5) is 14.9 Å². The average molecular weight is 287 g/mol. The fraction of sp³-hybridized carbons (Fsp3) is 0.333. The van der Waals surface area contributed by atoms with Crippen molar-refractivity contribution in [3.8, 4) is 0 Å². The first-order valence-electron chi connectivity index (χ1n) is 5.66. The zero-order valence-corrected chi connectivity index (χ0v) is 10.6. The van der Waals surface area contributed by atoms with Crippen LogP contribution in [-0.4, -0.2) is 23.7 Å². The lowest BCUT2D eigenvalue weighted by Gasteiger charge is -2.12. The molecule has 0 heterocycles. The molecule has 1 saturated carbocycles. The Morgan fingerprint density at radius 1 is 1.42 bits per heavy atom. The van der Waals surface area contributed by atoms with Gasteiger partial charge in [-0.15, -0.1) is 0 Å². The Morgan fingerprint density at radius 2 is 2.11 bits per heavy atom. The maximum atomic E-state index is 13.4. The molecule has 1 aromatic rings. The summed E-state index contributed by atoms with van der Waals surface area (Å²) in [6.07, 6.45) is 1.08. The normalized spacial score (nSPS) is 15.7. The summed E-state index contributed by atoms with van der Waals surface area (Å²) >= 11 is 5.58. The molecule has 0 bridgehead atoms. The molecular weight excluding hydrogens is 275 g/mol. The van der Waals surface area contributed by atoms with Gasteiger partial charge in [0.2, 0.25) is 0 Å². The number of halogens is 2. The maximum Gasteiger partial charge on any atom is 0.319 e. The third kappa shape index (κ3) is 3.14. The predicted molar refractivity (Wildman–Crippen MR) is 67.7 cm³/mol. The smallest absolute Gasteiger partial charge is 0.319 e. The lowest BCUT2D eigenvalue weighted by atomic mass is 10.1. The summed E-state index contributed by atoms with van der Waals surface area (Å²) in [6.45, 7) is 0.0311. The molecule has 3 N–H and O–H groups in total. The molecule has 102 valence electrons. The monoisotopic (exact) mass is 286 g/mol. The van der Waals surface area contributed by atoms with Gasteiger partial charge in [-0.2, -0.15) is 0 Å². The summed E-state index contributed by atoms with van der Waals surface area (Å²) in [5, 5.41) is 13.9. The van der Waals surface area contributed by atoms with Crippen molar-refractivity contribution >= 4 is 29.3 Å². The molecule has 1 aromatic carbocycles. The Morgan fingerprint density at radius 3 is 2.63 bits per heavy atom. The highest BCUT2D eigenvalue weighted by molar-refractivity contribution is 6.30. The Bertz CT molecular complexity index is 532. The van der Waals surface area contributed by atoms with Crippen molar-refractivity contribution in [1.82, 2.24) is 5.32 Å². The van der Waals surface area contributed by atoms with E-state index >= 15 is 0 Å². The molecule has 19 heavy (non-hydrogen) atoms. The number of urea groups is 1. The van der Waals surface area contributed by atoms with Gasteiger partial charge in [-0.05, 0) is 31.0 Å². The zero-order valence-electron chi connectivity index (χ0n) is 9.87. The van der Waals surface area contributed by atoms with Crippen molar-refractivity contribution in [2.24, 2.45) is 5.41 Å². The molecule has 2 rings (SSSR count). The summed E-state index contributed by atoms with van der Waals surface area (Å²) in [5.41, 5.74) is -0.863. The number of carbonyl (C=O) groups is 2. The van der Waals surface area contributed by atoms with Crippen LogP contribution in [0.15, 0.2) is 18.2 Å². The number of hydrogen-bond acceptors (Lipinski definition) is 2. The molecule has 7 heteroatoms. The minimum atomic E-state index is -0.925. The van der Waals surface area contributed by atoms with Crippen LogP contribution in [0.1, 0.15) is 12.8 Å². The zero-order chi connectivity index (χ0) is 14.0. The van der Waals surface area contributed by atoms with Crippen molar-refractivity contribution in [2.75, 3.05) is 11.9 Å². The van der Waals surface area contributed by atoms with Gasteiger partial charge in [0.1, 0.15) is 5.82 Å². The molecular formula is C12H12ClFN2O3. The third-order valence-corrected chi connectivity index (χ3v) is 3.31. The van der Waals surface area contributed by atoms with E-state index in [0.717, 1.165) is 6.07 Å². The van der Waals surface area contributed by atoms with E-state index in [-0.39, 0.29) is 17.3 Å². The van der Waals surface area contributed by atoms with E-state index in [0.29, 0.717) is 12.8 Å². The van der Waals surface area contributed by atoms with Gasteiger partial charge in [-0.1, -0.05) is 11.6 Å². The lowest BCUT2D eigenvalue weighted by Crippen LogP contribution is -2.37. The molecule has 0 radical (unpaired) electrons. The average Bonchev–Trinajstić information content (AvgIpc) is 3.11. The first-order valence-corrected chi connectivity index (χ1v) is 6.04. The fourth-order valence-electron chi connectivity index (χ4n) is 1.62. The Balaban J connectivity index is 1.89. The first-order chi connectivity index (χ1) is 8.93. The number of carboxylic acids is 1. The summed E-state index contributed by atoms with van der Waals surface area (Å²) in [6, 6.07) is 3.21. The number of anilines is 1. The van der Waals surface area contributed by atoms with Crippen molar-refractivity contribution in [3.63, 3.8) is 0 Å². The number of rotatable bonds is 4. The molecule has 0 aliphatic heterocycles. The number of amides is 2. The molecule has 0 atom stereocenters. The van der Waals surface area contributed by atoms with Gasteiger partial charge < -0.3 is 15.7 Å². The second kappa shape index (κ2) is 5.05. The standard InChI is InChI=1S/C12H12ClFN2O3/c13-7-1-2-9(8(14)5-7)16-11(19)15-6-12(3-4-12)10(17)18/h1-2,5H,3-4,6H2,(H,17,18)(H2,15,16,19). The van der Waals surface area contributed by atoms with Crippen LogP contribution < -0.4 is 10.6 Å². The summed E-state index contributed by atoms with van der Waals surface area (Å²) in [5.74, 6) is -1.58. The van der Waals surface area contributed by atoms with Crippen LogP contribution in [-0.2, 0) is 4.79 Å². The van der Waals surface area contributed by atoms with E-state index < -0.39 is 23.2 Å². The Labute approximate surface area is 113 Å². The largest absolute Gasteiger partial charge is 0.481 e. The first kappa shape index (κ1) is 13.6. The van der Waals surface area contributed by atoms with Gasteiger partial charge >= 0.3 is 12.0 Å². The van der Waals surface area contributed by atoms with Crippen LogP contribution in [0.5, 0.6) is 0 Å². The number of hydrogen-bond donors (Lipinski definition) is 3. The van der Waals surface area contributed by atoms with Gasteiger partial charge in [-0.3, -0.25) is 4.79 Å². The lowest BCUT2D eigenvalue weighted by molar-refractivity contribution is -0.143. The predicted octanol–water partition coefficient (Wildman–Crippen LogP) is 2.47. The molecule has 0 spiro atoms. The summed E-state index contributed by atoms with van der Waals surface area (Å²) in [7, 11) is 0. The number of nitrogens with one attached hydrogen (secondary N) is 2. The van der Waals surface area contributed by atoms with Crippen molar-refractivity contribution < 1.29 is 19.1 Å². The quantitative estimate of drug-likeness (QED) is 0.795. The van der Waals surface area contributed by atoms with Crippen LogP contribution in [0.2, 0.25) is 5.02 Å². The Kier molecular flexibility index (Phi) is 3.61. The number of benzene rings is 1. The molecule has 2 amide bonds. The van der Waals surface area contributed by atoms with Gasteiger partial charge in [0.05, 0.1) is 11.1 Å². The maximum absolute atomic E-state index is 13.4. The van der Waals surface area contributed by atoms with E-state index in [1.165, 1.54) is 12.1 Å². The van der Waals surface area contributed by atoms with E-state index in [1.54, 1.807) is 0 Å². The minimum Gasteiger partial charge on any atom is -0.481 e. The van der Waals surface area contributed by atoms with Gasteiger partial charge in [0.25, 0.3) is 0 Å². The van der Waals surface area contributed by atoms with E-state index in [2.05, 4.69) is 10.6 Å². The molecule has 1 fully saturated rings. The summed E-state index contributed by atoms with van der Waals surface area (Å²) < 4.78 is 13.4. The van der Waals surface area contributed by atoms with E-state index in [4.69, 9.17) is 16.7 Å². The molecule has 0 unspecified atom stereocenters. The topological polar surface area (TPSA) is 78.4 Å². The van der Waals surface area contributed by atoms with Gasteiger partial charge in [0.15, 0.2) is 0 Å². The number of carbonyl (C=O) groups excluding carboxylic acids is 1. The van der Waals surface area contributed by atoms with Crippen LogP contribution in [0.25, 0.3) is 0 Å². The molecule has 1 aliphatic carbocycles. The van der Waals surface area contributed by atoms with Crippen LogP contribution in [0.3, 0.4) is 0 Å². The van der Waals surface area contributed by atoms with Gasteiger partial charge in [-0.25, -0.2) is 9.18 Å². The van der Waals surface area contributed by atoms with Crippen LogP contribution >= 0.6 is 11.6 Å². The van der Waals surface area contributed by atoms with E-state index in [1.807, 2.05) is 0 Å². The number of aliphatic carboxylic acids is 1. The highest BCUT2D eigenvalue weighted by Crippen LogP contribution is 2.45. The second-order valence-corrected chi connectivity index (χ2v) is 4.95. The molecule has 0 saturated heterocycles. The second-order valence-electron chi connectivity index (χ2n) is 4.52. The van der Waals surface area contributed by atoms with Gasteiger partial charge in [0, 0.05) is 11.6 Å². The SMILES string of the molecule is O=C(NCC1(C(=O)O)CC1)Nc1ccc(Cl)cc1F. The van der Waals surface area contributed by atoms with Crippen molar-refractivity contribution in [3.05, 3.63) is 29.0 Å². The third-order valence-electron chi connectivity index (χ3n) is 3.07. The van der Waals surface area contributed by atoms with Crippen molar-refractivity contribution in [1.29, 1.82) is 0 Å². The van der Waals surface area contributed by atoms with Crippen molar-refractivity contribution in [2.45, 2.75) is 12.8 Å². The Hall–Kier alpha value is -1.82. The molecule has 0 aromatic heterocycles. The molecule has 1 aliphatic rings. The highest BCUT2D eigenvalue weighted by Gasteiger charge is 2.50. The highest BCUT2D eigenvalue weighted by atomic mass is 35.5. The fourth-order valence-corrected chi connectivity index (χ4v) is 1.78. The summed E-state index contributed by atoms with van der Waals surface area (Å²) in [4.78, 5) is 22.4. The minimum absolute atomic E-state index is 0.0120. The van der Waals surface area contributed by atoms with Crippen LogP contribution in [0, 0.1) is 11.2 Å².